The topological polar surface area (TPSA) is 64.0 Å². The van der Waals surface area contributed by atoms with Crippen LogP contribution >= 0.6 is 22.9 Å². The highest BCUT2D eigenvalue weighted by Gasteiger charge is 2.20. The molecule has 0 saturated carbocycles. The van der Waals surface area contributed by atoms with Gasteiger partial charge in [-0.15, -0.1) is 10.2 Å². The Balaban J connectivity index is 1.88. The molecule has 0 saturated heterocycles. The summed E-state index contributed by atoms with van der Waals surface area (Å²) in [6, 6.07) is 6.74. The van der Waals surface area contributed by atoms with Crippen LogP contribution in [-0.4, -0.2) is 41.6 Å². The van der Waals surface area contributed by atoms with E-state index in [4.69, 9.17) is 21.3 Å². The van der Waals surface area contributed by atoms with Crippen molar-refractivity contribution < 1.29 is 4.74 Å². The van der Waals surface area contributed by atoms with Gasteiger partial charge < -0.3 is 4.74 Å². The van der Waals surface area contributed by atoms with Crippen molar-refractivity contribution in [3.8, 4) is 0 Å². The summed E-state index contributed by atoms with van der Waals surface area (Å²) in [5.74, 6) is 0.696. The van der Waals surface area contributed by atoms with Gasteiger partial charge in [-0.25, -0.2) is 9.97 Å². The van der Waals surface area contributed by atoms with Crippen molar-refractivity contribution in [1.29, 1.82) is 0 Å². The number of thiazole rings is 1. The van der Waals surface area contributed by atoms with E-state index in [1.165, 1.54) is 11.3 Å². The molecule has 0 atom stereocenters. The molecule has 0 N–H and O–H groups in total. The molecule has 3 aromatic heterocycles. The molecule has 0 aliphatic carbocycles. The van der Waals surface area contributed by atoms with Crippen LogP contribution in [0.5, 0.6) is 0 Å². The highest BCUT2D eigenvalue weighted by atomic mass is 35.5. The van der Waals surface area contributed by atoms with Crippen LogP contribution in [0.25, 0.3) is 10.3 Å². The first-order chi connectivity index (χ1) is 12.3. The van der Waals surface area contributed by atoms with Gasteiger partial charge in [-0.1, -0.05) is 42.6 Å². The molecule has 3 aromatic rings. The summed E-state index contributed by atoms with van der Waals surface area (Å²) in [5, 5.41) is 9.42. The minimum atomic E-state index is -1.14. The Labute approximate surface area is 163 Å². The van der Waals surface area contributed by atoms with Gasteiger partial charge in [-0.3, -0.25) is 4.90 Å². The predicted octanol–water partition coefficient (Wildman–Crippen LogP) is 4.89. The molecular weight excluding hydrogens is 386 g/mol. The van der Waals surface area contributed by atoms with Gasteiger partial charge >= 0.3 is 0 Å². The summed E-state index contributed by atoms with van der Waals surface area (Å²) in [6.45, 7) is 10.0. The van der Waals surface area contributed by atoms with Crippen molar-refractivity contribution >= 4 is 52.3 Å². The van der Waals surface area contributed by atoms with Gasteiger partial charge in [0.15, 0.2) is 16.1 Å². The zero-order valence-electron chi connectivity index (χ0n) is 15.4. The molecule has 0 amide bonds. The Morgan fingerprint density at radius 3 is 2.77 bits per heavy atom. The van der Waals surface area contributed by atoms with Crippen molar-refractivity contribution in [3.63, 3.8) is 0 Å². The third-order valence-corrected chi connectivity index (χ3v) is 6.68. The second kappa shape index (κ2) is 7.95. The molecule has 26 heavy (non-hydrogen) atoms. The number of pyridine rings is 1. The van der Waals surface area contributed by atoms with Gasteiger partial charge in [0.25, 0.3) is 0 Å². The quantitative estimate of drug-likeness (QED) is 0.315. The lowest BCUT2D eigenvalue weighted by Gasteiger charge is -2.23. The fourth-order valence-corrected chi connectivity index (χ4v) is 4.18. The Hall–Kier alpha value is -1.61. The summed E-state index contributed by atoms with van der Waals surface area (Å²) in [5.41, 5.74) is 1.78. The van der Waals surface area contributed by atoms with Gasteiger partial charge in [-0.2, -0.15) is 0 Å². The number of ether oxygens (including phenoxy) is 1. The number of aryl methyl sites for hydroxylation is 1. The maximum Gasteiger partial charge on any atom is 0.195 e. The Morgan fingerprint density at radius 1 is 1.27 bits per heavy atom. The molecule has 0 aliphatic rings. The molecule has 6 nitrogen and oxygen atoms in total. The Morgan fingerprint density at radius 2 is 2.08 bits per heavy atom. The first-order valence-electron chi connectivity index (χ1n) is 8.40. The van der Waals surface area contributed by atoms with E-state index in [0.29, 0.717) is 17.7 Å². The summed E-state index contributed by atoms with van der Waals surface area (Å²) < 4.78 is 5.97. The summed E-state index contributed by atoms with van der Waals surface area (Å²) >= 11 is 7.48. The normalized spacial score (nSPS) is 11.9. The molecule has 0 aliphatic heterocycles. The fourth-order valence-electron chi connectivity index (χ4n) is 2.33. The molecule has 3 heterocycles. The Kier molecular flexibility index (Phi) is 5.86. The van der Waals surface area contributed by atoms with Crippen LogP contribution in [0.15, 0.2) is 24.4 Å². The molecule has 3 rings (SSSR count). The molecule has 0 spiro atoms. The van der Waals surface area contributed by atoms with Crippen LogP contribution in [-0.2, 0) is 4.74 Å². The molecule has 0 fully saturated rings. The third-order valence-electron chi connectivity index (χ3n) is 3.79. The second-order valence-electron chi connectivity index (χ2n) is 7.27. The lowest BCUT2D eigenvalue weighted by molar-refractivity contribution is 0.153. The summed E-state index contributed by atoms with van der Waals surface area (Å²) in [4.78, 5) is 11.9. The number of aromatic nitrogens is 4. The standard InChI is InChI=1S/C17H22ClN5OSSi/c1-12-10-14(18)21-22-15(12)23(11-24-8-9-26(2,3)4)17-20-13-6-5-7-19-16(13)25-17/h5-7,10H,8-9,11H2,1-4H3. The van der Waals surface area contributed by atoms with E-state index in [2.05, 4.69) is 34.8 Å². The van der Waals surface area contributed by atoms with Crippen LogP contribution in [0, 0.1) is 6.92 Å². The van der Waals surface area contributed by atoms with Crippen LogP contribution in [0.1, 0.15) is 5.56 Å². The Bertz CT molecular complexity index is 865. The van der Waals surface area contributed by atoms with Crippen molar-refractivity contribution in [2.45, 2.75) is 32.6 Å². The average molecular weight is 408 g/mol. The number of anilines is 2. The SMILES string of the molecule is Cc1cc(Cl)nnc1N(COCC[Si](C)(C)C)c1nc2cccnc2s1. The maximum absolute atomic E-state index is 5.97. The van der Waals surface area contributed by atoms with E-state index in [0.717, 1.165) is 33.7 Å². The molecule has 0 bridgehead atoms. The smallest absolute Gasteiger partial charge is 0.195 e. The number of hydrogen-bond acceptors (Lipinski definition) is 7. The molecule has 138 valence electrons. The predicted molar refractivity (Wildman–Crippen MR) is 110 cm³/mol. The largest absolute Gasteiger partial charge is 0.361 e. The van der Waals surface area contributed by atoms with Gasteiger partial charge in [-0.05, 0) is 36.7 Å². The van der Waals surface area contributed by atoms with E-state index in [-0.39, 0.29) is 0 Å². The van der Waals surface area contributed by atoms with Crippen LogP contribution < -0.4 is 4.90 Å². The molecule has 9 heteroatoms. The van der Waals surface area contributed by atoms with E-state index in [1.54, 1.807) is 12.3 Å². The number of nitrogens with zero attached hydrogens (tertiary/aromatic N) is 5. The zero-order valence-corrected chi connectivity index (χ0v) is 17.9. The van der Waals surface area contributed by atoms with Crippen molar-refractivity contribution in [1.82, 2.24) is 20.2 Å². The number of fused-ring (bicyclic) bond motifs is 1. The van der Waals surface area contributed by atoms with E-state index >= 15 is 0 Å². The van der Waals surface area contributed by atoms with Gasteiger partial charge in [0.2, 0.25) is 0 Å². The van der Waals surface area contributed by atoms with Crippen LogP contribution in [0.3, 0.4) is 0 Å². The molecular formula is C17H22ClN5OSSi. The molecule has 0 aromatic carbocycles. The first-order valence-corrected chi connectivity index (χ1v) is 13.3. The maximum atomic E-state index is 5.97. The van der Waals surface area contributed by atoms with Crippen molar-refractivity contribution in [3.05, 3.63) is 35.1 Å². The van der Waals surface area contributed by atoms with E-state index in [9.17, 15) is 0 Å². The monoisotopic (exact) mass is 407 g/mol. The van der Waals surface area contributed by atoms with Gasteiger partial charge in [0.05, 0.1) is 0 Å². The third kappa shape index (κ3) is 4.76. The van der Waals surface area contributed by atoms with Crippen molar-refractivity contribution in [2.24, 2.45) is 0 Å². The lowest BCUT2D eigenvalue weighted by Crippen LogP contribution is -2.26. The molecule has 0 radical (unpaired) electrons. The summed E-state index contributed by atoms with van der Waals surface area (Å²) in [7, 11) is -1.14. The van der Waals surface area contributed by atoms with E-state index < -0.39 is 8.07 Å². The van der Waals surface area contributed by atoms with Crippen LogP contribution in [0.4, 0.5) is 10.9 Å². The van der Waals surface area contributed by atoms with Crippen molar-refractivity contribution in [2.75, 3.05) is 18.2 Å². The van der Waals surface area contributed by atoms with E-state index in [1.807, 2.05) is 24.0 Å². The zero-order chi connectivity index (χ0) is 18.7. The lowest BCUT2D eigenvalue weighted by atomic mass is 10.3. The van der Waals surface area contributed by atoms with Gasteiger partial charge in [0.1, 0.15) is 17.1 Å². The van der Waals surface area contributed by atoms with Crippen LogP contribution in [0.2, 0.25) is 30.8 Å². The minimum Gasteiger partial charge on any atom is -0.361 e. The van der Waals surface area contributed by atoms with Gasteiger partial charge in [0, 0.05) is 20.9 Å². The summed E-state index contributed by atoms with van der Waals surface area (Å²) in [6.07, 6.45) is 1.77. The first kappa shape index (κ1) is 19.2. The number of hydrogen-bond donors (Lipinski definition) is 0. The minimum absolute atomic E-state index is 0.363. The molecule has 0 unspecified atom stereocenters. The fraction of sp³-hybridized carbons (Fsp3) is 0.412. The second-order valence-corrected chi connectivity index (χ2v) is 14.2. The number of halogens is 1. The number of rotatable bonds is 7. The highest BCUT2D eigenvalue weighted by molar-refractivity contribution is 7.21. The average Bonchev–Trinajstić information content (AvgIpc) is 2.98. The highest BCUT2D eigenvalue weighted by Crippen LogP contribution is 2.33.